The lowest BCUT2D eigenvalue weighted by atomic mass is 9.94. The van der Waals surface area contributed by atoms with Crippen molar-refractivity contribution < 1.29 is 19.1 Å². The zero-order valence-corrected chi connectivity index (χ0v) is 14.4. The topological polar surface area (TPSA) is 101 Å². The van der Waals surface area contributed by atoms with Gasteiger partial charge in [-0.1, -0.05) is 0 Å². The molecular weight excluding hydrogens is 322 g/mol. The SMILES string of the molecule is CCOC(=O)/C(C#N)=C\Nc1nc2c(cc1C(=O)OCC)CCCC2. The van der Waals surface area contributed by atoms with E-state index in [2.05, 4.69) is 10.3 Å². The molecule has 1 aromatic heterocycles. The highest BCUT2D eigenvalue weighted by Gasteiger charge is 2.20. The zero-order valence-electron chi connectivity index (χ0n) is 14.4. The van der Waals surface area contributed by atoms with Crippen molar-refractivity contribution in [2.75, 3.05) is 18.5 Å². The molecule has 0 spiro atoms. The normalized spacial score (nSPS) is 13.4. The number of nitriles is 1. The highest BCUT2D eigenvalue weighted by atomic mass is 16.5. The Morgan fingerprint density at radius 2 is 2.00 bits per heavy atom. The number of ether oxygens (including phenoxy) is 2. The summed E-state index contributed by atoms with van der Waals surface area (Å²) in [7, 11) is 0. The summed E-state index contributed by atoms with van der Waals surface area (Å²) >= 11 is 0. The van der Waals surface area contributed by atoms with Crippen molar-refractivity contribution in [1.29, 1.82) is 5.26 Å². The van der Waals surface area contributed by atoms with E-state index in [9.17, 15) is 9.59 Å². The van der Waals surface area contributed by atoms with Crippen LogP contribution in [0.4, 0.5) is 5.82 Å². The number of esters is 2. The van der Waals surface area contributed by atoms with Gasteiger partial charge in [-0.05, 0) is 51.2 Å². The van der Waals surface area contributed by atoms with Crippen molar-refractivity contribution in [3.8, 4) is 6.07 Å². The lowest BCUT2D eigenvalue weighted by Crippen LogP contribution is -2.15. The molecule has 0 fully saturated rings. The third kappa shape index (κ3) is 4.57. The van der Waals surface area contributed by atoms with E-state index in [0.717, 1.165) is 36.9 Å². The van der Waals surface area contributed by atoms with Gasteiger partial charge in [-0.3, -0.25) is 0 Å². The van der Waals surface area contributed by atoms with E-state index in [-0.39, 0.29) is 24.6 Å². The van der Waals surface area contributed by atoms with Gasteiger partial charge in [-0.25, -0.2) is 14.6 Å². The molecule has 1 aromatic rings. The van der Waals surface area contributed by atoms with E-state index in [1.165, 1.54) is 6.20 Å². The number of carbonyl (C=O) groups excluding carboxylic acids is 2. The summed E-state index contributed by atoms with van der Waals surface area (Å²) in [6.45, 7) is 3.80. The summed E-state index contributed by atoms with van der Waals surface area (Å²) in [5, 5.41) is 11.9. The van der Waals surface area contributed by atoms with Gasteiger partial charge in [0.25, 0.3) is 0 Å². The van der Waals surface area contributed by atoms with Crippen LogP contribution < -0.4 is 5.32 Å². The van der Waals surface area contributed by atoms with Crippen LogP contribution in [0.1, 0.15) is 48.3 Å². The average molecular weight is 343 g/mol. The van der Waals surface area contributed by atoms with Crippen LogP contribution in [-0.4, -0.2) is 30.1 Å². The number of anilines is 1. The standard InChI is InChI=1S/C18H21N3O4/c1-3-24-17(22)13(10-19)11-20-16-14(18(23)25-4-2)9-12-7-5-6-8-15(12)21-16/h9,11H,3-8H2,1-2H3,(H,20,21)/b13-11-. The third-order valence-corrected chi connectivity index (χ3v) is 3.77. The fourth-order valence-electron chi connectivity index (χ4n) is 2.59. The first-order valence-corrected chi connectivity index (χ1v) is 8.34. The molecule has 0 saturated carbocycles. The first-order chi connectivity index (χ1) is 12.1. The minimum Gasteiger partial charge on any atom is -0.462 e. The molecule has 7 nitrogen and oxygen atoms in total. The molecule has 0 aliphatic heterocycles. The van der Waals surface area contributed by atoms with Gasteiger partial charge < -0.3 is 14.8 Å². The molecule has 25 heavy (non-hydrogen) atoms. The molecule has 0 bridgehead atoms. The van der Waals surface area contributed by atoms with Crippen molar-refractivity contribution in [2.45, 2.75) is 39.5 Å². The summed E-state index contributed by atoms with van der Waals surface area (Å²) in [4.78, 5) is 28.4. The molecule has 7 heteroatoms. The predicted molar refractivity (Wildman–Crippen MR) is 90.8 cm³/mol. The fraction of sp³-hybridized carbons (Fsp3) is 0.444. The van der Waals surface area contributed by atoms with E-state index in [4.69, 9.17) is 14.7 Å². The van der Waals surface area contributed by atoms with Gasteiger partial charge in [0.2, 0.25) is 0 Å². The Labute approximate surface area is 146 Å². The van der Waals surface area contributed by atoms with Gasteiger partial charge in [-0.2, -0.15) is 5.26 Å². The van der Waals surface area contributed by atoms with Crippen LogP contribution in [0.3, 0.4) is 0 Å². The van der Waals surface area contributed by atoms with E-state index in [1.54, 1.807) is 26.0 Å². The van der Waals surface area contributed by atoms with Crippen molar-refractivity contribution in [3.63, 3.8) is 0 Å². The van der Waals surface area contributed by atoms with Crippen LogP contribution in [0.25, 0.3) is 0 Å². The van der Waals surface area contributed by atoms with Gasteiger partial charge in [0.15, 0.2) is 5.57 Å². The maximum atomic E-state index is 12.2. The number of carbonyl (C=O) groups is 2. The molecule has 1 aliphatic rings. The average Bonchev–Trinajstić information content (AvgIpc) is 2.62. The lowest BCUT2D eigenvalue weighted by molar-refractivity contribution is -0.138. The van der Waals surface area contributed by atoms with Crippen LogP contribution in [0.2, 0.25) is 0 Å². The summed E-state index contributed by atoms with van der Waals surface area (Å²) in [6.07, 6.45) is 5.01. The molecule has 0 amide bonds. The van der Waals surface area contributed by atoms with Crippen LogP contribution in [-0.2, 0) is 27.1 Å². The monoisotopic (exact) mass is 343 g/mol. The summed E-state index contributed by atoms with van der Waals surface area (Å²) in [5.41, 5.74) is 2.05. The van der Waals surface area contributed by atoms with E-state index < -0.39 is 11.9 Å². The lowest BCUT2D eigenvalue weighted by Gasteiger charge is -2.18. The zero-order chi connectivity index (χ0) is 18.2. The number of nitrogens with one attached hydrogen (secondary N) is 1. The number of aromatic nitrogens is 1. The Balaban J connectivity index is 2.36. The highest BCUT2D eigenvalue weighted by Crippen LogP contribution is 2.25. The molecule has 0 unspecified atom stereocenters. The van der Waals surface area contributed by atoms with Gasteiger partial charge >= 0.3 is 11.9 Å². The Hall–Kier alpha value is -2.88. The smallest absolute Gasteiger partial charge is 0.350 e. The second-order valence-electron chi connectivity index (χ2n) is 5.45. The first kappa shape index (κ1) is 18.5. The molecule has 0 radical (unpaired) electrons. The first-order valence-electron chi connectivity index (χ1n) is 8.34. The number of hydrogen-bond acceptors (Lipinski definition) is 7. The molecule has 2 rings (SSSR count). The quantitative estimate of drug-likeness (QED) is 0.481. The number of fused-ring (bicyclic) bond motifs is 1. The third-order valence-electron chi connectivity index (χ3n) is 3.77. The highest BCUT2D eigenvalue weighted by molar-refractivity contribution is 5.96. The van der Waals surface area contributed by atoms with Crippen molar-refractivity contribution in [1.82, 2.24) is 4.98 Å². The number of nitrogens with zero attached hydrogens (tertiary/aromatic N) is 2. The summed E-state index contributed by atoms with van der Waals surface area (Å²) < 4.78 is 9.89. The Kier molecular flexibility index (Phi) is 6.52. The van der Waals surface area contributed by atoms with Gasteiger partial charge in [0.1, 0.15) is 17.5 Å². The van der Waals surface area contributed by atoms with E-state index in [1.807, 2.05) is 0 Å². The van der Waals surface area contributed by atoms with Gasteiger partial charge in [0, 0.05) is 11.9 Å². The van der Waals surface area contributed by atoms with Crippen LogP contribution in [0.15, 0.2) is 17.8 Å². The van der Waals surface area contributed by atoms with Crippen LogP contribution in [0.5, 0.6) is 0 Å². The van der Waals surface area contributed by atoms with Gasteiger partial charge in [-0.15, -0.1) is 0 Å². The summed E-state index contributed by atoms with van der Waals surface area (Å²) in [6, 6.07) is 3.56. The second kappa shape index (κ2) is 8.83. The fourth-order valence-corrected chi connectivity index (χ4v) is 2.59. The molecule has 132 valence electrons. The number of pyridine rings is 1. The molecule has 0 saturated heterocycles. The minimum atomic E-state index is -0.729. The number of rotatable bonds is 6. The van der Waals surface area contributed by atoms with Crippen molar-refractivity contribution >= 4 is 17.8 Å². The molecule has 1 aliphatic carbocycles. The van der Waals surface area contributed by atoms with E-state index in [0.29, 0.717) is 5.56 Å². The molecule has 1 N–H and O–H groups in total. The molecular formula is C18H21N3O4. The Bertz CT molecular complexity index is 735. The van der Waals surface area contributed by atoms with Crippen molar-refractivity contribution in [3.05, 3.63) is 34.7 Å². The minimum absolute atomic E-state index is 0.170. The molecule has 1 heterocycles. The van der Waals surface area contributed by atoms with Crippen LogP contribution >= 0.6 is 0 Å². The Morgan fingerprint density at radius 1 is 1.28 bits per heavy atom. The van der Waals surface area contributed by atoms with Crippen LogP contribution in [0, 0.1) is 11.3 Å². The molecule has 0 aromatic carbocycles. The largest absolute Gasteiger partial charge is 0.462 e. The maximum absolute atomic E-state index is 12.2. The number of hydrogen-bond donors (Lipinski definition) is 1. The van der Waals surface area contributed by atoms with Crippen molar-refractivity contribution in [2.24, 2.45) is 0 Å². The van der Waals surface area contributed by atoms with Gasteiger partial charge in [0.05, 0.1) is 13.2 Å². The van der Waals surface area contributed by atoms with E-state index >= 15 is 0 Å². The summed E-state index contributed by atoms with van der Waals surface area (Å²) in [5.74, 6) is -0.946. The Morgan fingerprint density at radius 3 is 2.68 bits per heavy atom. The second-order valence-corrected chi connectivity index (χ2v) is 5.45. The maximum Gasteiger partial charge on any atom is 0.350 e. The predicted octanol–water partition coefficient (Wildman–Crippen LogP) is 2.52. The molecule has 0 atom stereocenters. The number of aryl methyl sites for hydroxylation is 2.